The molecule has 2 amide bonds. The Morgan fingerprint density at radius 3 is 2.18 bits per heavy atom. The third-order valence-corrected chi connectivity index (χ3v) is 6.42. The molecule has 174 valence electrons. The standard InChI is InChI=1S/C28H28N2O4/c1-3-18-33-23-16-14-21(15-17-23)29-27(31)24-25(20-12-10-19(4-2)11-13-20)30(34-26(24)28(29)32)22-8-6-5-7-9-22/h5-17,24-26H,3-4,18H2,1-2H3/t24-,25+,26-/m1/s1. The lowest BCUT2D eigenvalue weighted by atomic mass is 9.90. The highest BCUT2D eigenvalue weighted by Crippen LogP contribution is 2.47. The number of rotatable bonds is 7. The molecule has 0 radical (unpaired) electrons. The van der Waals surface area contributed by atoms with Gasteiger partial charge in [0, 0.05) is 0 Å². The molecular formula is C28H28N2O4. The number of aryl methyl sites for hydroxylation is 1. The zero-order valence-corrected chi connectivity index (χ0v) is 19.4. The maximum atomic E-state index is 13.7. The van der Waals surface area contributed by atoms with E-state index in [0.29, 0.717) is 18.0 Å². The fourth-order valence-electron chi connectivity index (χ4n) is 4.67. The second-order valence-electron chi connectivity index (χ2n) is 8.61. The van der Waals surface area contributed by atoms with E-state index in [1.54, 1.807) is 29.3 Å². The van der Waals surface area contributed by atoms with Gasteiger partial charge in [0.1, 0.15) is 11.7 Å². The Morgan fingerprint density at radius 2 is 1.53 bits per heavy atom. The lowest BCUT2D eigenvalue weighted by Gasteiger charge is -2.29. The third kappa shape index (κ3) is 3.84. The molecule has 2 aliphatic rings. The van der Waals surface area contributed by atoms with Gasteiger partial charge < -0.3 is 4.74 Å². The van der Waals surface area contributed by atoms with Gasteiger partial charge in [-0.2, -0.15) is 0 Å². The summed E-state index contributed by atoms with van der Waals surface area (Å²) in [5, 5.41) is 1.73. The number of carbonyl (C=O) groups excluding carboxylic acids is 2. The lowest BCUT2D eigenvalue weighted by molar-refractivity contribution is -0.126. The van der Waals surface area contributed by atoms with Gasteiger partial charge >= 0.3 is 0 Å². The topological polar surface area (TPSA) is 59.1 Å². The summed E-state index contributed by atoms with van der Waals surface area (Å²) >= 11 is 0. The predicted octanol–water partition coefficient (Wildman–Crippen LogP) is 5.09. The minimum Gasteiger partial charge on any atom is -0.494 e. The van der Waals surface area contributed by atoms with E-state index in [4.69, 9.17) is 9.57 Å². The number of hydroxylamine groups is 1. The molecule has 0 spiro atoms. The second kappa shape index (κ2) is 9.31. The molecule has 5 rings (SSSR count). The van der Waals surface area contributed by atoms with Crippen LogP contribution in [0.2, 0.25) is 0 Å². The van der Waals surface area contributed by atoms with Crippen LogP contribution in [0.4, 0.5) is 11.4 Å². The number of para-hydroxylation sites is 1. The first-order chi connectivity index (χ1) is 16.6. The van der Waals surface area contributed by atoms with E-state index < -0.39 is 18.1 Å². The average molecular weight is 457 g/mol. The zero-order chi connectivity index (χ0) is 23.7. The maximum absolute atomic E-state index is 13.7. The van der Waals surface area contributed by atoms with E-state index >= 15 is 0 Å². The number of fused-ring (bicyclic) bond motifs is 1. The van der Waals surface area contributed by atoms with Crippen LogP contribution in [-0.2, 0) is 20.8 Å². The van der Waals surface area contributed by atoms with E-state index in [1.165, 1.54) is 10.5 Å². The van der Waals surface area contributed by atoms with Gasteiger partial charge in [-0.1, -0.05) is 56.3 Å². The van der Waals surface area contributed by atoms with Gasteiger partial charge in [0.05, 0.1) is 24.0 Å². The van der Waals surface area contributed by atoms with E-state index in [2.05, 4.69) is 19.1 Å². The van der Waals surface area contributed by atoms with E-state index in [-0.39, 0.29) is 11.8 Å². The number of ether oxygens (including phenoxy) is 1. The molecule has 3 aromatic carbocycles. The summed E-state index contributed by atoms with van der Waals surface area (Å²) in [7, 11) is 0. The molecule has 34 heavy (non-hydrogen) atoms. The molecule has 2 fully saturated rings. The van der Waals surface area contributed by atoms with Crippen LogP contribution in [0.15, 0.2) is 78.9 Å². The van der Waals surface area contributed by atoms with Gasteiger partial charge in [-0.05, 0) is 60.4 Å². The minimum absolute atomic E-state index is 0.250. The fraction of sp³-hybridized carbons (Fsp3) is 0.286. The average Bonchev–Trinajstić information content (AvgIpc) is 3.39. The smallest absolute Gasteiger partial charge is 0.266 e. The summed E-state index contributed by atoms with van der Waals surface area (Å²) in [5.41, 5.74) is 3.50. The van der Waals surface area contributed by atoms with Crippen molar-refractivity contribution in [2.75, 3.05) is 16.6 Å². The van der Waals surface area contributed by atoms with Crippen molar-refractivity contribution in [2.24, 2.45) is 5.92 Å². The number of hydrogen-bond acceptors (Lipinski definition) is 5. The number of imide groups is 1. The fourth-order valence-corrected chi connectivity index (χ4v) is 4.67. The molecule has 6 heteroatoms. The number of amides is 2. The predicted molar refractivity (Wildman–Crippen MR) is 131 cm³/mol. The van der Waals surface area contributed by atoms with E-state index in [1.807, 2.05) is 49.4 Å². The summed E-state index contributed by atoms with van der Waals surface area (Å²) in [4.78, 5) is 34.6. The highest BCUT2D eigenvalue weighted by atomic mass is 16.7. The van der Waals surface area contributed by atoms with Crippen molar-refractivity contribution < 1.29 is 19.2 Å². The summed E-state index contributed by atoms with van der Waals surface area (Å²) in [6, 6.07) is 24.5. The number of hydrogen-bond donors (Lipinski definition) is 0. The molecule has 0 bridgehead atoms. The lowest BCUT2D eigenvalue weighted by Crippen LogP contribution is -2.37. The Hall–Kier alpha value is -3.64. The summed E-state index contributed by atoms with van der Waals surface area (Å²) in [6.07, 6.45) is 0.961. The van der Waals surface area contributed by atoms with Crippen LogP contribution in [0.3, 0.4) is 0 Å². The van der Waals surface area contributed by atoms with Crippen molar-refractivity contribution in [3.63, 3.8) is 0 Å². The summed E-state index contributed by atoms with van der Waals surface area (Å²) in [5.74, 6) is -0.521. The van der Waals surface area contributed by atoms with Gasteiger partial charge in [-0.3, -0.25) is 14.4 Å². The number of benzene rings is 3. The monoisotopic (exact) mass is 456 g/mol. The van der Waals surface area contributed by atoms with Gasteiger partial charge in [0.25, 0.3) is 5.91 Å². The van der Waals surface area contributed by atoms with Crippen molar-refractivity contribution in [1.29, 1.82) is 0 Å². The molecule has 2 saturated heterocycles. The molecule has 0 unspecified atom stereocenters. The molecule has 2 aliphatic heterocycles. The van der Waals surface area contributed by atoms with E-state index in [9.17, 15) is 9.59 Å². The van der Waals surface area contributed by atoms with Crippen molar-refractivity contribution in [3.8, 4) is 5.75 Å². The maximum Gasteiger partial charge on any atom is 0.266 e. The largest absolute Gasteiger partial charge is 0.494 e. The van der Waals surface area contributed by atoms with Crippen LogP contribution in [-0.4, -0.2) is 24.5 Å². The van der Waals surface area contributed by atoms with Crippen molar-refractivity contribution in [1.82, 2.24) is 0 Å². The van der Waals surface area contributed by atoms with Crippen LogP contribution in [0.1, 0.15) is 37.4 Å². The van der Waals surface area contributed by atoms with Gasteiger partial charge in [-0.25, -0.2) is 9.96 Å². The van der Waals surface area contributed by atoms with Gasteiger partial charge in [0.2, 0.25) is 5.91 Å². The quantitative estimate of drug-likeness (QED) is 0.464. The Balaban J connectivity index is 1.49. The normalized spacial score (nSPS) is 21.8. The molecule has 0 saturated carbocycles. The second-order valence-corrected chi connectivity index (χ2v) is 8.61. The van der Waals surface area contributed by atoms with Gasteiger partial charge in [-0.15, -0.1) is 0 Å². The molecular weight excluding hydrogens is 428 g/mol. The number of anilines is 2. The Labute approximate surface area is 199 Å². The molecule has 2 heterocycles. The zero-order valence-electron chi connectivity index (χ0n) is 19.4. The van der Waals surface area contributed by atoms with Crippen LogP contribution >= 0.6 is 0 Å². The summed E-state index contributed by atoms with van der Waals surface area (Å²) < 4.78 is 5.64. The molecule has 3 atom stereocenters. The highest BCUT2D eigenvalue weighted by molar-refractivity contribution is 6.23. The molecule has 0 N–H and O–H groups in total. The Bertz CT molecular complexity index is 1160. The van der Waals surface area contributed by atoms with Crippen molar-refractivity contribution >= 4 is 23.2 Å². The molecule has 3 aromatic rings. The highest BCUT2D eigenvalue weighted by Gasteiger charge is 2.60. The van der Waals surface area contributed by atoms with Crippen LogP contribution in [0, 0.1) is 5.92 Å². The number of nitrogens with zero attached hydrogens (tertiary/aromatic N) is 2. The number of carbonyl (C=O) groups is 2. The van der Waals surface area contributed by atoms with Gasteiger partial charge in [0.15, 0.2) is 6.10 Å². The molecule has 0 aliphatic carbocycles. The summed E-state index contributed by atoms with van der Waals surface area (Å²) in [6.45, 7) is 4.77. The molecule has 6 nitrogen and oxygen atoms in total. The first-order valence-corrected chi connectivity index (χ1v) is 11.8. The third-order valence-electron chi connectivity index (χ3n) is 6.42. The first kappa shape index (κ1) is 22.2. The van der Waals surface area contributed by atoms with E-state index in [0.717, 1.165) is 24.1 Å². The Kier molecular flexibility index (Phi) is 6.07. The molecule has 0 aromatic heterocycles. The van der Waals surface area contributed by atoms with Crippen molar-refractivity contribution in [2.45, 2.75) is 38.8 Å². The SMILES string of the molecule is CCCOc1ccc(N2C(=O)[C@H]3[C@@H](ON(c4ccccc4)[C@H]3c3ccc(CC)cc3)C2=O)cc1. The van der Waals surface area contributed by atoms with Crippen molar-refractivity contribution in [3.05, 3.63) is 90.0 Å². The Morgan fingerprint density at radius 1 is 0.824 bits per heavy atom. The van der Waals surface area contributed by atoms with Crippen LogP contribution < -0.4 is 14.7 Å². The first-order valence-electron chi connectivity index (χ1n) is 11.8. The van der Waals surface area contributed by atoms with Crippen LogP contribution in [0.5, 0.6) is 5.75 Å². The van der Waals surface area contributed by atoms with Crippen LogP contribution in [0.25, 0.3) is 0 Å². The minimum atomic E-state index is -0.875.